The third-order valence-electron chi connectivity index (χ3n) is 4.41. The Labute approximate surface area is 185 Å². The first kappa shape index (κ1) is 21.5. The average molecular weight is 446 g/mol. The van der Waals surface area contributed by atoms with Gasteiger partial charge in [0.2, 0.25) is 0 Å². The van der Waals surface area contributed by atoms with E-state index in [4.69, 9.17) is 28.2 Å². The van der Waals surface area contributed by atoms with E-state index in [0.717, 1.165) is 22.0 Å². The second-order valence-electron chi connectivity index (χ2n) is 6.40. The van der Waals surface area contributed by atoms with E-state index in [9.17, 15) is 4.79 Å². The zero-order valence-corrected chi connectivity index (χ0v) is 18.4. The number of nitrogens with one attached hydrogen (secondary N) is 2. The zero-order chi connectivity index (χ0) is 20.8. The molecule has 29 heavy (non-hydrogen) atoms. The van der Waals surface area contributed by atoms with Gasteiger partial charge in [0.05, 0.1) is 15.6 Å². The highest BCUT2D eigenvalue weighted by Gasteiger charge is 2.29. The maximum absolute atomic E-state index is 13.0. The van der Waals surface area contributed by atoms with Crippen LogP contribution in [0.3, 0.4) is 0 Å². The second kappa shape index (κ2) is 10.0. The van der Waals surface area contributed by atoms with Gasteiger partial charge in [-0.25, -0.2) is 4.99 Å². The van der Waals surface area contributed by atoms with Gasteiger partial charge in [-0.3, -0.25) is 4.79 Å². The maximum Gasteiger partial charge on any atom is 0.251 e. The van der Waals surface area contributed by atoms with Gasteiger partial charge in [-0.05, 0) is 36.4 Å². The summed E-state index contributed by atoms with van der Waals surface area (Å²) in [4.78, 5) is 17.7. The van der Waals surface area contributed by atoms with Gasteiger partial charge in [0.15, 0.2) is 5.17 Å². The summed E-state index contributed by atoms with van der Waals surface area (Å²) in [5.41, 5.74) is 3.23. The Balaban J connectivity index is 1.79. The number of hydrogen-bond donors (Lipinski definition) is 2. The zero-order valence-electron chi connectivity index (χ0n) is 16.1. The van der Waals surface area contributed by atoms with Gasteiger partial charge in [0.25, 0.3) is 5.91 Å². The number of benzene rings is 2. The maximum atomic E-state index is 13.0. The number of halogens is 2. The van der Waals surface area contributed by atoms with E-state index in [-0.39, 0.29) is 5.91 Å². The molecule has 0 saturated heterocycles. The lowest BCUT2D eigenvalue weighted by Gasteiger charge is -2.26. The predicted octanol–water partition coefficient (Wildman–Crippen LogP) is 5.46. The number of hydrogen-bond acceptors (Lipinski definition) is 4. The fourth-order valence-electron chi connectivity index (χ4n) is 2.97. The minimum atomic E-state index is -0.452. The van der Waals surface area contributed by atoms with Crippen LogP contribution in [0.4, 0.5) is 0 Å². The number of rotatable bonds is 5. The molecule has 0 aliphatic carbocycles. The molecule has 0 saturated carbocycles. The predicted molar refractivity (Wildman–Crippen MR) is 124 cm³/mol. The summed E-state index contributed by atoms with van der Waals surface area (Å²) in [6.45, 7) is 2.29. The molecule has 2 aromatic carbocycles. The average Bonchev–Trinajstić information content (AvgIpc) is 2.73. The molecule has 0 fully saturated rings. The van der Waals surface area contributed by atoms with Crippen molar-refractivity contribution in [3.8, 4) is 0 Å². The smallest absolute Gasteiger partial charge is 0.251 e. The Hall–Kier alpha value is -2.21. The van der Waals surface area contributed by atoms with Crippen molar-refractivity contribution in [1.29, 1.82) is 0 Å². The van der Waals surface area contributed by atoms with Crippen molar-refractivity contribution in [2.75, 3.05) is 12.8 Å². The highest BCUT2D eigenvalue weighted by Crippen LogP contribution is 2.34. The van der Waals surface area contributed by atoms with Crippen LogP contribution < -0.4 is 10.6 Å². The van der Waals surface area contributed by atoms with E-state index in [1.165, 1.54) is 11.8 Å². The Morgan fingerprint density at radius 1 is 1.21 bits per heavy atom. The van der Waals surface area contributed by atoms with Crippen LogP contribution in [-0.4, -0.2) is 23.9 Å². The highest BCUT2D eigenvalue weighted by atomic mass is 35.5. The topological polar surface area (TPSA) is 53.5 Å². The van der Waals surface area contributed by atoms with Gasteiger partial charge in [0, 0.05) is 12.2 Å². The number of carbonyl (C=O) groups is 1. The molecule has 7 heteroatoms. The largest absolute Gasteiger partial charge is 0.349 e. The number of allylic oxidation sites excluding steroid dienone is 1. The fourth-order valence-corrected chi connectivity index (χ4v) is 3.75. The number of nitrogens with zero attached hydrogens (tertiary/aromatic N) is 1. The van der Waals surface area contributed by atoms with Crippen LogP contribution in [0.25, 0.3) is 6.08 Å². The summed E-state index contributed by atoms with van der Waals surface area (Å²) in [7, 11) is 0. The second-order valence-corrected chi connectivity index (χ2v) is 8.01. The van der Waals surface area contributed by atoms with Crippen LogP contribution in [-0.2, 0) is 4.79 Å². The van der Waals surface area contributed by atoms with Crippen molar-refractivity contribution >= 4 is 52.1 Å². The van der Waals surface area contributed by atoms with Crippen LogP contribution in [0.2, 0.25) is 10.0 Å². The van der Waals surface area contributed by atoms with Gasteiger partial charge in [-0.15, -0.1) is 0 Å². The molecule has 1 aliphatic heterocycles. The lowest BCUT2D eigenvalue weighted by atomic mass is 9.96. The van der Waals surface area contributed by atoms with Crippen molar-refractivity contribution < 1.29 is 4.79 Å². The molecule has 2 N–H and O–H groups in total. The lowest BCUT2D eigenvalue weighted by molar-refractivity contribution is -0.117. The molecule has 1 atom stereocenters. The van der Waals surface area contributed by atoms with E-state index in [0.29, 0.717) is 22.2 Å². The third kappa shape index (κ3) is 5.44. The summed E-state index contributed by atoms with van der Waals surface area (Å²) in [6.07, 6.45) is 5.83. The van der Waals surface area contributed by atoms with Crippen molar-refractivity contribution in [2.45, 2.75) is 13.0 Å². The summed E-state index contributed by atoms with van der Waals surface area (Å²) in [5, 5.41) is 7.80. The monoisotopic (exact) mass is 445 g/mol. The summed E-state index contributed by atoms with van der Waals surface area (Å²) in [5.74, 6) is -0.173. The molecular formula is C22H21Cl2N3OS. The quantitative estimate of drug-likeness (QED) is 0.641. The van der Waals surface area contributed by atoms with Crippen LogP contribution in [0.15, 0.2) is 70.9 Å². The van der Waals surface area contributed by atoms with Crippen LogP contribution in [0, 0.1) is 0 Å². The number of carbonyl (C=O) groups excluding carboxylic acids is 1. The third-order valence-corrected chi connectivity index (χ3v) is 5.74. The minimum Gasteiger partial charge on any atom is -0.349 e. The first-order valence-electron chi connectivity index (χ1n) is 9.04. The highest BCUT2D eigenvalue weighted by molar-refractivity contribution is 8.13. The summed E-state index contributed by atoms with van der Waals surface area (Å²) >= 11 is 13.7. The van der Waals surface area contributed by atoms with Crippen molar-refractivity contribution in [2.24, 2.45) is 4.99 Å². The standard InChI is InChI=1S/C22H21Cl2N3OS/c1-14-19(21(28)25-12-6-9-15-7-4-3-5-8-15)20(27-22(26-14)29-2)16-10-11-17(23)18(24)13-16/h3-11,13,20H,12H2,1-2H3,(H,25,28)(H,26,27)/b9-6+. The molecule has 4 nitrogen and oxygen atoms in total. The van der Waals surface area contributed by atoms with Crippen LogP contribution >= 0.6 is 35.0 Å². The fraction of sp³-hybridized carbons (Fsp3) is 0.182. The molecule has 0 spiro atoms. The Kier molecular flexibility index (Phi) is 7.42. The summed E-state index contributed by atoms with van der Waals surface area (Å²) < 4.78 is 0. The molecule has 3 rings (SSSR count). The van der Waals surface area contributed by atoms with E-state index >= 15 is 0 Å². The molecule has 0 radical (unpaired) electrons. The number of thioether (sulfide) groups is 1. The molecule has 0 bridgehead atoms. The molecule has 1 heterocycles. The first-order valence-corrected chi connectivity index (χ1v) is 11.0. The Bertz CT molecular complexity index is 987. The van der Waals surface area contributed by atoms with Gasteiger partial charge in [0.1, 0.15) is 6.04 Å². The SMILES string of the molecule is CSC1=NC(c2ccc(Cl)c(Cl)c2)C(C(=O)NC/C=C/c2ccccc2)=C(C)N1. The Morgan fingerprint density at radius 3 is 2.66 bits per heavy atom. The number of aliphatic imine (C=N–C) groups is 1. The molecule has 1 aliphatic rings. The Morgan fingerprint density at radius 2 is 1.97 bits per heavy atom. The minimum absolute atomic E-state index is 0.173. The van der Waals surface area contributed by atoms with Crippen molar-refractivity contribution in [3.05, 3.63) is 87.0 Å². The first-order chi connectivity index (χ1) is 14.0. The molecule has 1 amide bonds. The molecule has 2 aromatic rings. The van der Waals surface area contributed by atoms with E-state index in [1.807, 2.05) is 61.7 Å². The normalized spacial score (nSPS) is 16.6. The number of amides is 1. The molecule has 0 aromatic heterocycles. The summed E-state index contributed by atoms with van der Waals surface area (Å²) in [6, 6.07) is 14.8. The van der Waals surface area contributed by atoms with Gasteiger partial charge >= 0.3 is 0 Å². The van der Waals surface area contributed by atoms with Gasteiger partial charge < -0.3 is 10.6 Å². The molecule has 150 valence electrons. The van der Waals surface area contributed by atoms with Crippen LogP contribution in [0.5, 0.6) is 0 Å². The lowest BCUT2D eigenvalue weighted by Crippen LogP contribution is -2.35. The molecule has 1 unspecified atom stereocenters. The van der Waals surface area contributed by atoms with E-state index in [2.05, 4.69) is 10.6 Å². The van der Waals surface area contributed by atoms with E-state index in [1.54, 1.807) is 12.1 Å². The van der Waals surface area contributed by atoms with Crippen molar-refractivity contribution in [1.82, 2.24) is 10.6 Å². The van der Waals surface area contributed by atoms with Gasteiger partial charge in [-0.1, -0.05) is 83.5 Å². The van der Waals surface area contributed by atoms with E-state index < -0.39 is 6.04 Å². The number of amidine groups is 1. The van der Waals surface area contributed by atoms with Gasteiger partial charge in [-0.2, -0.15) is 0 Å². The molecular weight excluding hydrogens is 425 g/mol. The van der Waals surface area contributed by atoms with Crippen molar-refractivity contribution in [3.63, 3.8) is 0 Å². The van der Waals surface area contributed by atoms with Crippen LogP contribution in [0.1, 0.15) is 24.1 Å².